The number of halogens is 3. The Bertz CT molecular complexity index is 1490. The lowest BCUT2D eigenvalue weighted by molar-refractivity contribution is -0.150. The SMILES string of the molecule is C[C@]12CC3CC(NCCCCCCCSc4cccc5nc(C(F)(F)F)n(C6CCC(=O)NC6=O)c(=O)c45)(C1)C[C@@](C)(C3)C2. The molecule has 1 aliphatic heterocycles. The number of carbonyl (C=O) groups is 2. The highest BCUT2D eigenvalue weighted by Gasteiger charge is 2.59. The number of carbonyl (C=O) groups excluding carboxylic acids is 2. The van der Waals surface area contributed by atoms with Crippen molar-refractivity contribution in [2.45, 2.75) is 120 Å². The van der Waals surface area contributed by atoms with Crippen LogP contribution in [0.1, 0.15) is 109 Å². The second-order valence-corrected chi connectivity index (χ2v) is 15.8. The molecule has 7 nitrogen and oxygen atoms in total. The van der Waals surface area contributed by atoms with E-state index in [-0.39, 0.29) is 23.7 Å². The van der Waals surface area contributed by atoms with Crippen LogP contribution in [0.15, 0.2) is 27.9 Å². The number of benzene rings is 1. The van der Waals surface area contributed by atoms with E-state index in [9.17, 15) is 27.6 Å². The molecule has 5 atom stereocenters. The van der Waals surface area contributed by atoms with Gasteiger partial charge in [-0.25, -0.2) is 4.98 Å². The normalized spacial score (nSPS) is 31.6. The lowest BCUT2D eigenvalue weighted by atomic mass is 9.43. The summed E-state index contributed by atoms with van der Waals surface area (Å²) < 4.78 is 42.4. The van der Waals surface area contributed by atoms with Crippen molar-refractivity contribution in [3.05, 3.63) is 34.4 Å². The van der Waals surface area contributed by atoms with E-state index in [0.717, 1.165) is 50.3 Å². The maximum Gasteiger partial charge on any atom is 0.449 e. The monoisotopic (exact) mass is 632 g/mol. The van der Waals surface area contributed by atoms with Gasteiger partial charge in [0.05, 0.1) is 10.9 Å². The van der Waals surface area contributed by atoms with Gasteiger partial charge in [-0.1, -0.05) is 39.2 Å². The lowest BCUT2D eigenvalue weighted by Crippen LogP contribution is -2.64. The molecule has 5 aliphatic rings. The van der Waals surface area contributed by atoms with Gasteiger partial charge in [0.2, 0.25) is 17.6 Å². The van der Waals surface area contributed by atoms with Crippen LogP contribution in [0.25, 0.3) is 10.9 Å². The summed E-state index contributed by atoms with van der Waals surface area (Å²) in [5.74, 6) is -1.31. The van der Waals surface area contributed by atoms with Crippen molar-refractivity contribution in [3.8, 4) is 0 Å². The molecule has 2 aromatic rings. The topological polar surface area (TPSA) is 93.1 Å². The first kappa shape index (κ1) is 31.6. The molecule has 44 heavy (non-hydrogen) atoms. The van der Waals surface area contributed by atoms with E-state index < -0.39 is 35.4 Å². The maximum atomic E-state index is 14.0. The molecule has 1 saturated heterocycles. The van der Waals surface area contributed by atoms with Gasteiger partial charge in [-0.05, 0) is 99.0 Å². The molecule has 11 heteroatoms. The van der Waals surface area contributed by atoms with Crippen molar-refractivity contribution in [1.29, 1.82) is 0 Å². The molecule has 2 heterocycles. The number of nitrogens with zero attached hydrogens (tertiary/aromatic N) is 2. The number of fused-ring (bicyclic) bond motifs is 1. The molecule has 2 amide bonds. The van der Waals surface area contributed by atoms with E-state index >= 15 is 0 Å². The molecule has 7 rings (SSSR count). The molecule has 0 radical (unpaired) electrons. The van der Waals surface area contributed by atoms with Crippen LogP contribution in [-0.2, 0) is 15.8 Å². The fourth-order valence-corrected chi connectivity index (χ4v) is 10.8. The summed E-state index contributed by atoms with van der Waals surface area (Å²) in [6.45, 7) is 6.08. The Kier molecular flexibility index (Phi) is 8.43. The third-order valence-corrected chi connectivity index (χ3v) is 11.5. The third-order valence-electron chi connectivity index (χ3n) is 10.4. The molecule has 2 N–H and O–H groups in total. The highest BCUT2D eigenvalue weighted by atomic mass is 32.2. The van der Waals surface area contributed by atoms with E-state index in [0.29, 0.717) is 25.8 Å². The molecule has 1 aromatic carbocycles. The quantitative estimate of drug-likeness (QED) is 0.161. The smallest absolute Gasteiger partial charge is 0.311 e. The molecule has 5 fully saturated rings. The molecule has 4 saturated carbocycles. The van der Waals surface area contributed by atoms with Crippen molar-refractivity contribution in [1.82, 2.24) is 20.2 Å². The zero-order valence-electron chi connectivity index (χ0n) is 25.7. The number of alkyl halides is 3. The first-order valence-corrected chi connectivity index (χ1v) is 17.1. The van der Waals surface area contributed by atoms with Crippen LogP contribution in [0.2, 0.25) is 0 Å². The van der Waals surface area contributed by atoms with Crippen LogP contribution >= 0.6 is 11.8 Å². The molecule has 3 unspecified atom stereocenters. The van der Waals surface area contributed by atoms with Crippen LogP contribution < -0.4 is 16.2 Å². The first-order chi connectivity index (χ1) is 20.8. The fourth-order valence-electron chi connectivity index (χ4n) is 9.69. The molecular weight excluding hydrogens is 589 g/mol. The van der Waals surface area contributed by atoms with E-state index in [4.69, 9.17) is 0 Å². The van der Waals surface area contributed by atoms with Gasteiger partial charge in [0.15, 0.2) is 0 Å². The molecular formula is C33H43F3N4O3S. The third kappa shape index (κ3) is 6.32. The molecule has 0 spiro atoms. The molecule has 4 bridgehead atoms. The summed E-state index contributed by atoms with van der Waals surface area (Å²) in [4.78, 5) is 42.0. The van der Waals surface area contributed by atoms with Crippen molar-refractivity contribution >= 4 is 34.5 Å². The number of imide groups is 1. The molecule has 240 valence electrons. The molecule has 4 aliphatic carbocycles. The van der Waals surface area contributed by atoms with Crippen LogP contribution in [0.5, 0.6) is 0 Å². The summed E-state index contributed by atoms with van der Waals surface area (Å²) in [7, 11) is 0. The van der Waals surface area contributed by atoms with Gasteiger partial charge >= 0.3 is 6.18 Å². The minimum atomic E-state index is -4.95. The largest absolute Gasteiger partial charge is 0.449 e. The van der Waals surface area contributed by atoms with E-state index in [1.54, 1.807) is 12.1 Å². The Labute approximate surface area is 260 Å². The Hall–Kier alpha value is -2.40. The maximum absolute atomic E-state index is 14.0. The summed E-state index contributed by atoms with van der Waals surface area (Å²) in [6, 6.07) is 3.26. The highest BCUT2D eigenvalue weighted by Crippen LogP contribution is 2.66. The number of piperidine rings is 1. The van der Waals surface area contributed by atoms with Gasteiger partial charge in [-0.2, -0.15) is 13.2 Å². The second-order valence-electron chi connectivity index (χ2n) is 14.7. The van der Waals surface area contributed by atoms with Gasteiger partial charge in [-0.3, -0.25) is 24.3 Å². The highest BCUT2D eigenvalue weighted by molar-refractivity contribution is 7.99. The van der Waals surface area contributed by atoms with Crippen LogP contribution in [-0.4, -0.2) is 39.2 Å². The molecule has 1 aromatic heterocycles. The minimum absolute atomic E-state index is 0.0506. The predicted octanol–water partition coefficient (Wildman–Crippen LogP) is 6.77. The van der Waals surface area contributed by atoms with Crippen LogP contribution in [0, 0.1) is 16.7 Å². The standard InChI is InChI=1S/C33H43F3N4O3S/c1-30-15-21-16-31(2,18-30)20-32(17-21,19-30)37-13-6-4-3-5-7-14-44-24-10-8-9-22-26(24)28(43)40(29(38-22)33(34,35)36)23-11-12-25(41)39-27(23)42/h8-10,21,23,37H,3-7,11-20H2,1-2H3,(H,39,41,42)/t21?,23?,30-,31+,32?. The summed E-state index contributed by atoms with van der Waals surface area (Å²) in [5, 5.41) is 6.15. The van der Waals surface area contributed by atoms with E-state index in [1.807, 2.05) is 0 Å². The lowest BCUT2D eigenvalue weighted by Gasteiger charge is -2.65. The predicted molar refractivity (Wildman–Crippen MR) is 164 cm³/mol. The summed E-state index contributed by atoms with van der Waals surface area (Å²) >= 11 is 1.43. The second kappa shape index (κ2) is 11.8. The van der Waals surface area contributed by atoms with E-state index in [1.165, 1.54) is 56.4 Å². The van der Waals surface area contributed by atoms with Gasteiger partial charge in [0.25, 0.3) is 5.56 Å². The summed E-state index contributed by atoms with van der Waals surface area (Å²) in [6.07, 6.45) is 8.29. The number of hydrogen-bond acceptors (Lipinski definition) is 6. The Morgan fingerprint density at radius 3 is 2.39 bits per heavy atom. The van der Waals surface area contributed by atoms with Crippen molar-refractivity contribution < 1.29 is 22.8 Å². The van der Waals surface area contributed by atoms with Gasteiger partial charge in [-0.15, -0.1) is 11.8 Å². The number of aromatic nitrogens is 2. The minimum Gasteiger partial charge on any atom is -0.311 e. The van der Waals surface area contributed by atoms with Gasteiger partial charge < -0.3 is 5.32 Å². The average molecular weight is 633 g/mol. The number of rotatable bonds is 11. The van der Waals surface area contributed by atoms with Gasteiger partial charge in [0, 0.05) is 16.9 Å². The Morgan fingerprint density at radius 1 is 1.00 bits per heavy atom. The van der Waals surface area contributed by atoms with E-state index in [2.05, 4.69) is 29.5 Å². The number of hydrogen-bond donors (Lipinski definition) is 2. The Balaban J connectivity index is 1.02. The number of unbranched alkanes of at least 4 members (excludes halogenated alkanes) is 4. The zero-order chi connectivity index (χ0) is 31.3. The van der Waals surface area contributed by atoms with Crippen molar-refractivity contribution in [2.75, 3.05) is 12.3 Å². The van der Waals surface area contributed by atoms with Crippen molar-refractivity contribution in [3.63, 3.8) is 0 Å². The van der Waals surface area contributed by atoms with Crippen LogP contribution in [0.3, 0.4) is 0 Å². The fraction of sp³-hybridized carbons (Fsp3) is 0.697. The van der Waals surface area contributed by atoms with Crippen LogP contribution in [0.4, 0.5) is 13.2 Å². The first-order valence-electron chi connectivity index (χ1n) is 16.1. The number of nitrogens with one attached hydrogen (secondary N) is 2. The zero-order valence-corrected chi connectivity index (χ0v) is 26.5. The summed E-state index contributed by atoms with van der Waals surface area (Å²) in [5.41, 5.74) is 0.402. The van der Waals surface area contributed by atoms with Gasteiger partial charge in [0.1, 0.15) is 6.04 Å². The number of thioether (sulfide) groups is 1. The number of amides is 2. The average Bonchev–Trinajstić information content (AvgIpc) is 2.90. The Morgan fingerprint density at radius 2 is 1.70 bits per heavy atom. The van der Waals surface area contributed by atoms with Crippen molar-refractivity contribution in [2.24, 2.45) is 16.7 Å².